The third-order valence-electron chi connectivity index (χ3n) is 4.43. The lowest BCUT2D eigenvalue weighted by Gasteiger charge is -2.18. The van der Waals surface area contributed by atoms with Crippen molar-refractivity contribution in [3.63, 3.8) is 0 Å². The molecule has 1 N–H and O–H groups in total. The molecule has 1 aliphatic rings. The monoisotopic (exact) mass is 377 g/mol. The summed E-state index contributed by atoms with van der Waals surface area (Å²) >= 11 is 7.37. The van der Waals surface area contributed by atoms with Crippen LogP contribution in [0, 0.1) is 5.92 Å². The molecule has 0 bridgehead atoms. The van der Waals surface area contributed by atoms with Gasteiger partial charge in [0, 0.05) is 9.90 Å². The Bertz CT molecular complexity index is 798. The van der Waals surface area contributed by atoms with Crippen molar-refractivity contribution in [1.29, 1.82) is 0 Å². The minimum atomic E-state index is -0.381. The van der Waals surface area contributed by atoms with Crippen molar-refractivity contribution in [3.8, 4) is 0 Å². The van der Waals surface area contributed by atoms with Crippen LogP contribution in [0.4, 0.5) is 5.00 Å². The number of amides is 1. The number of fused-ring (bicyclic) bond motifs is 1. The molecule has 25 heavy (non-hydrogen) atoms. The molecule has 0 fully saturated rings. The van der Waals surface area contributed by atoms with Crippen LogP contribution >= 0.6 is 22.9 Å². The number of carbonyl (C=O) groups is 2. The molecule has 1 aromatic carbocycles. The fourth-order valence-electron chi connectivity index (χ4n) is 3.12. The van der Waals surface area contributed by atoms with Gasteiger partial charge in [0.05, 0.1) is 19.1 Å². The summed E-state index contributed by atoms with van der Waals surface area (Å²) in [6.45, 7) is 2.21. The van der Waals surface area contributed by atoms with E-state index in [1.54, 1.807) is 12.1 Å². The number of hydrogen-bond acceptors (Lipinski definition) is 4. The van der Waals surface area contributed by atoms with Crippen LogP contribution in [0.25, 0.3) is 0 Å². The molecule has 0 spiro atoms. The molecule has 0 saturated heterocycles. The second kappa shape index (κ2) is 7.58. The number of thiophene rings is 1. The Labute approximate surface area is 156 Å². The summed E-state index contributed by atoms with van der Waals surface area (Å²) in [6.07, 6.45) is 3.07. The lowest BCUT2D eigenvalue weighted by atomic mass is 9.88. The van der Waals surface area contributed by atoms with E-state index in [1.807, 2.05) is 12.1 Å². The first-order valence-corrected chi connectivity index (χ1v) is 9.44. The number of methoxy groups -OCH3 is 1. The molecule has 0 aliphatic heterocycles. The summed E-state index contributed by atoms with van der Waals surface area (Å²) in [7, 11) is 1.37. The van der Waals surface area contributed by atoms with Gasteiger partial charge >= 0.3 is 5.97 Å². The highest BCUT2D eigenvalue weighted by molar-refractivity contribution is 7.17. The molecular weight excluding hydrogens is 358 g/mol. The third kappa shape index (κ3) is 4.05. The molecule has 4 nitrogen and oxygen atoms in total. The Morgan fingerprint density at radius 1 is 1.32 bits per heavy atom. The second-order valence-electron chi connectivity index (χ2n) is 6.40. The van der Waals surface area contributed by atoms with Gasteiger partial charge in [-0.3, -0.25) is 4.79 Å². The molecule has 3 rings (SSSR count). The van der Waals surface area contributed by atoms with E-state index >= 15 is 0 Å². The van der Waals surface area contributed by atoms with E-state index in [0.717, 1.165) is 30.4 Å². The van der Waals surface area contributed by atoms with E-state index in [1.165, 1.54) is 23.3 Å². The number of anilines is 1. The van der Waals surface area contributed by atoms with Crippen LogP contribution < -0.4 is 5.32 Å². The maximum Gasteiger partial charge on any atom is 0.341 e. The Morgan fingerprint density at radius 3 is 2.72 bits per heavy atom. The zero-order valence-electron chi connectivity index (χ0n) is 14.2. The molecule has 1 aliphatic carbocycles. The summed E-state index contributed by atoms with van der Waals surface area (Å²) in [5, 5.41) is 4.14. The molecule has 6 heteroatoms. The zero-order valence-corrected chi connectivity index (χ0v) is 15.8. The van der Waals surface area contributed by atoms with Crippen LogP contribution in [0.2, 0.25) is 5.02 Å². The Kier molecular flexibility index (Phi) is 5.45. The average Bonchev–Trinajstić information content (AvgIpc) is 2.92. The largest absolute Gasteiger partial charge is 0.465 e. The van der Waals surface area contributed by atoms with Crippen molar-refractivity contribution in [3.05, 3.63) is 50.9 Å². The van der Waals surface area contributed by atoms with Crippen LogP contribution in [-0.4, -0.2) is 19.0 Å². The number of nitrogens with one attached hydrogen (secondary N) is 1. The van der Waals surface area contributed by atoms with Crippen molar-refractivity contribution in [2.24, 2.45) is 5.92 Å². The molecule has 1 amide bonds. The number of rotatable bonds is 4. The Hall–Kier alpha value is -1.85. The van der Waals surface area contributed by atoms with Crippen LogP contribution in [0.3, 0.4) is 0 Å². The number of ether oxygens (including phenoxy) is 1. The van der Waals surface area contributed by atoms with E-state index in [4.69, 9.17) is 16.3 Å². The van der Waals surface area contributed by atoms with E-state index in [0.29, 0.717) is 21.5 Å². The maximum absolute atomic E-state index is 12.4. The maximum atomic E-state index is 12.4. The normalized spacial score (nSPS) is 16.2. The molecule has 132 valence electrons. The highest BCUT2D eigenvalue weighted by atomic mass is 35.5. The Balaban J connectivity index is 1.82. The summed E-state index contributed by atoms with van der Waals surface area (Å²) < 4.78 is 4.94. The summed E-state index contributed by atoms with van der Waals surface area (Å²) in [6, 6.07) is 7.17. The first-order valence-electron chi connectivity index (χ1n) is 8.25. The summed E-state index contributed by atoms with van der Waals surface area (Å²) in [5.41, 5.74) is 2.44. The van der Waals surface area contributed by atoms with Gasteiger partial charge in [-0.05, 0) is 48.4 Å². The van der Waals surface area contributed by atoms with Gasteiger partial charge in [0.25, 0.3) is 0 Å². The van der Waals surface area contributed by atoms with E-state index in [2.05, 4.69) is 12.2 Å². The quantitative estimate of drug-likeness (QED) is 0.798. The van der Waals surface area contributed by atoms with Crippen molar-refractivity contribution >= 4 is 39.8 Å². The topological polar surface area (TPSA) is 55.4 Å². The summed E-state index contributed by atoms with van der Waals surface area (Å²) in [4.78, 5) is 25.8. The molecule has 2 aromatic rings. The smallest absolute Gasteiger partial charge is 0.341 e. The number of halogens is 1. The SMILES string of the molecule is COC(=O)c1c(NC(=O)Cc2ccc(Cl)cc2)sc2c1CC[C@H](C)C2. The molecule has 1 aromatic heterocycles. The minimum Gasteiger partial charge on any atom is -0.465 e. The van der Waals surface area contributed by atoms with Gasteiger partial charge in [0.15, 0.2) is 0 Å². The molecule has 1 atom stereocenters. The van der Waals surface area contributed by atoms with Gasteiger partial charge in [-0.15, -0.1) is 11.3 Å². The van der Waals surface area contributed by atoms with Gasteiger partial charge in [-0.1, -0.05) is 30.7 Å². The highest BCUT2D eigenvalue weighted by Crippen LogP contribution is 2.40. The second-order valence-corrected chi connectivity index (χ2v) is 7.94. The van der Waals surface area contributed by atoms with E-state index in [9.17, 15) is 9.59 Å². The number of carbonyl (C=O) groups excluding carboxylic acids is 2. The highest BCUT2D eigenvalue weighted by Gasteiger charge is 2.28. The van der Waals surface area contributed by atoms with Gasteiger partial charge in [-0.2, -0.15) is 0 Å². The lowest BCUT2D eigenvalue weighted by molar-refractivity contribution is -0.115. The van der Waals surface area contributed by atoms with Crippen molar-refractivity contribution in [2.45, 2.75) is 32.6 Å². The van der Waals surface area contributed by atoms with E-state index in [-0.39, 0.29) is 18.3 Å². The molecule has 1 heterocycles. The molecule has 0 saturated carbocycles. The number of benzene rings is 1. The lowest BCUT2D eigenvalue weighted by Crippen LogP contribution is -2.17. The average molecular weight is 378 g/mol. The number of hydrogen-bond donors (Lipinski definition) is 1. The van der Waals surface area contributed by atoms with Crippen molar-refractivity contribution in [1.82, 2.24) is 0 Å². The minimum absolute atomic E-state index is 0.154. The van der Waals surface area contributed by atoms with Crippen LogP contribution in [0.15, 0.2) is 24.3 Å². The third-order valence-corrected chi connectivity index (χ3v) is 5.85. The standard InChI is InChI=1S/C19H20ClNO3S/c1-11-3-8-14-15(9-11)25-18(17(14)19(23)24-2)21-16(22)10-12-4-6-13(20)7-5-12/h4-7,11H,3,8-10H2,1-2H3,(H,21,22)/t11-/m0/s1. The molecular formula is C19H20ClNO3S. The predicted molar refractivity (Wildman–Crippen MR) is 101 cm³/mol. The zero-order chi connectivity index (χ0) is 18.0. The van der Waals surface area contributed by atoms with Gasteiger partial charge in [0.2, 0.25) is 5.91 Å². The molecule has 0 unspecified atom stereocenters. The van der Waals surface area contributed by atoms with Gasteiger partial charge in [-0.25, -0.2) is 4.79 Å². The van der Waals surface area contributed by atoms with Crippen molar-refractivity contribution in [2.75, 3.05) is 12.4 Å². The first kappa shape index (κ1) is 18.0. The van der Waals surface area contributed by atoms with Gasteiger partial charge in [0.1, 0.15) is 5.00 Å². The van der Waals surface area contributed by atoms with Crippen LogP contribution in [-0.2, 0) is 28.8 Å². The predicted octanol–water partition coefficient (Wildman–Crippen LogP) is 4.49. The van der Waals surface area contributed by atoms with Crippen molar-refractivity contribution < 1.29 is 14.3 Å². The Morgan fingerprint density at radius 2 is 2.04 bits per heavy atom. The van der Waals surface area contributed by atoms with Gasteiger partial charge < -0.3 is 10.1 Å². The molecule has 0 radical (unpaired) electrons. The summed E-state index contributed by atoms with van der Waals surface area (Å²) in [5.74, 6) is 0.0576. The number of esters is 1. The first-order chi connectivity index (χ1) is 12.0. The van der Waals surface area contributed by atoms with Crippen LogP contribution in [0.1, 0.15) is 39.7 Å². The fourth-order valence-corrected chi connectivity index (χ4v) is 4.66. The van der Waals surface area contributed by atoms with Crippen LogP contribution in [0.5, 0.6) is 0 Å². The van der Waals surface area contributed by atoms with E-state index < -0.39 is 0 Å². The fraction of sp³-hybridized carbons (Fsp3) is 0.368.